The molecule has 2 heterocycles. The van der Waals surface area contributed by atoms with Crippen LogP contribution < -0.4 is 11.1 Å². The highest BCUT2D eigenvalue weighted by atomic mass is 32.1. The molecule has 5 heteroatoms. The van der Waals surface area contributed by atoms with E-state index in [1.807, 2.05) is 12.1 Å². The van der Waals surface area contributed by atoms with Gasteiger partial charge in [-0.25, -0.2) is 0 Å². The van der Waals surface area contributed by atoms with Gasteiger partial charge in [-0.3, -0.25) is 9.78 Å². The Morgan fingerprint density at radius 2 is 2.25 bits per heavy atom. The third kappa shape index (κ3) is 2.16. The Labute approximate surface area is 122 Å². The first-order valence-corrected chi connectivity index (χ1v) is 7.83. The van der Waals surface area contributed by atoms with Crippen molar-refractivity contribution < 1.29 is 4.79 Å². The van der Waals surface area contributed by atoms with E-state index in [-0.39, 0.29) is 11.9 Å². The predicted molar refractivity (Wildman–Crippen MR) is 82.8 cm³/mol. The molecule has 0 saturated heterocycles. The van der Waals surface area contributed by atoms with Crippen LogP contribution in [0.25, 0.3) is 10.2 Å². The Bertz CT molecular complexity index is 652. The topological polar surface area (TPSA) is 68.0 Å². The van der Waals surface area contributed by atoms with Crippen LogP contribution in [0.2, 0.25) is 0 Å². The number of fused-ring (bicyclic) bond motifs is 1. The third-order valence-corrected chi connectivity index (χ3v) is 5.63. The molecule has 0 aliphatic heterocycles. The number of carbonyl (C=O) groups excluding carboxylic acids is 1. The lowest BCUT2D eigenvalue weighted by molar-refractivity contribution is 0.0932. The molecule has 2 aromatic rings. The van der Waals surface area contributed by atoms with Gasteiger partial charge in [0.1, 0.15) is 10.4 Å². The van der Waals surface area contributed by atoms with Gasteiger partial charge in [-0.1, -0.05) is 13.8 Å². The summed E-state index contributed by atoms with van der Waals surface area (Å²) in [5.41, 5.74) is 7.30. The van der Waals surface area contributed by atoms with Crippen LogP contribution in [-0.2, 0) is 0 Å². The summed E-state index contributed by atoms with van der Waals surface area (Å²) in [5.74, 6) is 1.13. The normalized spacial score (nSPS) is 26.0. The van der Waals surface area contributed by atoms with Crippen molar-refractivity contribution in [3.8, 4) is 0 Å². The maximum absolute atomic E-state index is 12.4. The fraction of sp³-hybridized carbons (Fsp3) is 0.467. The molecular weight excluding hydrogens is 270 g/mol. The van der Waals surface area contributed by atoms with Crippen LogP contribution in [0.3, 0.4) is 0 Å². The summed E-state index contributed by atoms with van der Waals surface area (Å²) < 4.78 is 0.961. The van der Waals surface area contributed by atoms with Crippen molar-refractivity contribution in [2.24, 2.45) is 11.8 Å². The second kappa shape index (κ2) is 5.05. The molecule has 20 heavy (non-hydrogen) atoms. The smallest absolute Gasteiger partial charge is 0.263 e. The Morgan fingerprint density at radius 1 is 1.45 bits per heavy atom. The number of hydrogen-bond donors (Lipinski definition) is 2. The molecule has 3 unspecified atom stereocenters. The molecule has 1 fully saturated rings. The summed E-state index contributed by atoms with van der Waals surface area (Å²) in [6.07, 6.45) is 3.93. The molecule has 106 valence electrons. The van der Waals surface area contributed by atoms with Crippen molar-refractivity contribution in [2.45, 2.75) is 32.7 Å². The number of amides is 1. The number of nitrogens with zero attached hydrogens (tertiary/aromatic N) is 1. The highest BCUT2D eigenvalue weighted by Gasteiger charge is 2.31. The Hall–Kier alpha value is -1.62. The van der Waals surface area contributed by atoms with Crippen molar-refractivity contribution in [2.75, 3.05) is 5.73 Å². The first-order valence-electron chi connectivity index (χ1n) is 7.01. The Balaban J connectivity index is 1.84. The highest BCUT2D eigenvalue weighted by Crippen LogP contribution is 2.34. The van der Waals surface area contributed by atoms with Crippen LogP contribution in [0.15, 0.2) is 18.3 Å². The molecule has 2 aromatic heterocycles. The van der Waals surface area contributed by atoms with Gasteiger partial charge in [-0.15, -0.1) is 11.3 Å². The van der Waals surface area contributed by atoms with Crippen LogP contribution in [0.1, 0.15) is 36.4 Å². The van der Waals surface area contributed by atoms with Crippen LogP contribution >= 0.6 is 11.3 Å². The number of anilines is 1. The molecular formula is C15H19N3OS. The minimum Gasteiger partial charge on any atom is -0.396 e. The molecule has 1 amide bonds. The summed E-state index contributed by atoms with van der Waals surface area (Å²) in [6, 6.07) is 4.07. The van der Waals surface area contributed by atoms with E-state index in [0.29, 0.717) is 22.4 Å². The average Bonchev–Trinajstić information content (AvgIpc) is 2.94. The molecule has 3 atom stereocenters. The second-order valence-electron chi connectivity index (χ2n) is 5.69. The minimum atomic E-state index is -0.0588. The Morgan fingerprint density at radius 3 is 2.90 bits per heavy atom. The zero-order chi connectivity index (χ0) is 14.3. The van der Waals surface area contributed by atoms with Crippen LogP contribution in [-0.4, -0.2) is 16.9 Å². The lowest BCUT2D eigenvalue weighted by Gasteiger charge is -2.19. The number of carbonyl (C=O) groups is 1. The molecule has 3 rings (SSSR count). The average molecular weight is 289 g/mol. The first kappa shape index (κ1) is 13.4. The van der Waals surface area contributed by atoms with E-state index < -0.39 is 0 Å². The predicted octanol–water partition coefficient (Wildman–Crippen LogP) is 3.04. The van der Waals surface area contributed by atoms with Crippen molar-refractivity contribution in [3.05, 3.63) is 23.2 Å². The van der Waals surface area contributed by atoms with Gasteiger partial charge in [0, 0.05) is 12.2 Å². The van der Waals surface area contributed by atoms with Gasteiger partial charge in [0.25, 0.3) is 5.91 Å². The molecule has 0 spiro atoms. The van der Waals surface area contributed by atoms with Crippen molar-refractivity contribution >= 4 is 33.1 Å². The summed E-state index contributed by atoms with van der Waals surface area (Å²) in [5, 5.41) is 3.14. The minimum absolute atomic E-state index is 0.0588. The summed E-state index contributed by atoms with van der Waals surface area (Å²) in [7, 11) is 0. The van der Waals surface area contributed by atoms with Crippen LogP contribution in [0.4, 0.5) is 5.69 Å². The van der Waals surface area contributed by atoms with Gasteiger partial charge in [0.2, 0.25) is 0 Å². The number of aromatic nitrogens is 1. The lowest BCUT2D eigenvalue weighted by atomic mass is 9.98. The van der Waals surface area contributed by atoms with E-state index in [9.17, 15) is 4.79 Å². The van der Waals surface area contributed by atoms with Crippen molar-refractivity contribution in [1.29, 1.82) is 0 Å². The molecule has 0 aromatic carbocycles. The maximum atomic E-state index is 12.4. The number of thiophene rings is 1. The quantitative estimate of drug-likeness (QED) is 0.893. The lowest BCUT2D eigenvalue weighted by Crippen LogP contribution is -2.37. The fourth-order valence-electron chi connectivity index (χ4n) is 2.92. The van der Waals surface area contributed by atoms with E-state index in [0.717, 1.165) is 16.6 Å². The first-order chi connectivity index (χ1) is 9.58. The second-order valence-corrected chi connectivity index (χ2v) is 6.74. The fourth-order valence-corrected chi connectivity index (χ4v) is 3.90. The molecule has 1 aliphatic rings. The summed E-state index contributed by atoms with van der Waals surface area (Å²) in [6.45, 7) is 4.45. The standard InChI is InChI=1S/C15H19N3OS/c1-8-5-6-10(9(8)2)18-15(19)14-12(16)13-11(20-14)4-3-7-17-13/h3-4,7-10H,5-6,16H2,1-2H3,(H,18,19). The SMILES string of the molecule is CC1CCC(NC(=O)c2sc3cccnc3c2N)C1C. The van der Waals surface area contributed by atoms with E-state index in [2.05, 4.69) is 24.1 Å². The highest BCUT2D eigenvalue weighted by molar-refractivity contribution is 7.21. The number of hydrogen-bond acceptors (Lipinski definition) is 4. The van der Waals surface area contributed by atoms with E-state index in [1.54, 1.807) is 6.20 Å². The largest absolute Gasteiger partial charge is 0.396 e. The molecule has 4 nitrogen and oxygen atoms in total. The third-order valence-electron chi connectivity index (χ3n) is 4.47. The molecule has 3 N–H and O–H groups in total. The zero-order valence-corrected chi connectivity index (χ0v) is 12.5. The zero-order valence-electron chi connectivity index (χ0n) is 11.7. The van der Waals surface area contributed by atoms with E-state index in [4.69, 9.17) is 5.73 Å². The van der Waals surface area contributed by atoms with E-state index >= 15 is 0 Å². The van der Waals surface area contributed by atoms with Gasteiger partial charge in [-0.05, 0) is 36.8 Å². The maximum Gasteiger partial charge on any atom is 0.263 e. The number of nitrogens with one attached hydrogen (secondary N) is 1. The van der Waals surface area contributed by atoms with Gasteiger partial charge >= 0.3 is 0 Å². The number of rotatable bonds is 2. The number of nitrogens with two attached hydrogens (primary N) is 1. The van der Waals surface area contributed by atoms with Crippen LogP contribution in [0.5, 0.6) is 0 Å². The number of pyridine rings is 1. The van der Waals surface area contributed by atoms with E-state index in [1.165, 1.54) is 17.8 Å². The summed E-state index contributed by atoms with van der Waals surface area (Å²) >= 11 is 1.42. The van der Waals surface area contributed by atoms with Crippen LogP contribution in [0, 0.1) is 11.8 Å². The van der Waals surface area contributed by atoms with Crippen molar-refractivity contribution in [3.63, 3.8) is 0 Å². The Kier molecular flexibility index (Phi) is 3.38. The summed E-state index contributed by atoms with van der Waals surface area (Å²) in [4.78, 5) is 17.3. The van der Waals surface area contributed by atoms with Gasteiger partial charge in [0.15, 0.2) is 0 Å². The van der Waals surface area contributed by atoms with Gasteiger partial charge in [-0.2, -0.15) is 0 Å². The number of nitrogen functional groups attached to an aromatic ring is 1. The molecule has 0 bridgehead atoms. The monoisotopic (exact) mass is 289 g/mol. The molecule has 1 saturated carbocycles. The van der Waals surface area contributed by atoms with Gasteiger partial charge in [0.05, 0.1) is 10.4 Å². The van der Waals surface area contributed by atoms with Crippen molar-refractivity contribution in [1.82, 2.24) is 10.3 Å². The molecule has 1 aliphatic carbocycles. The van der Waals surface area contributed by atoms with Gasteiger partial charge < -0.3 is 11.1 Å². The molecule has 0 radical (unpaired) electrons.